The van der Waals surface area contributed by atoms with Gasteiger partial charge in [0.2, 0.25) is 0 Å². The molecule has 0 spiro atoms. The maximum atomic E-state index is 11.6. The molecule has 22 heavy (non-hydrogen) atoms. The van der Waals surface area contributed by atoms with Crippen LogP contribution in [0, 0.1) is 0 Å². The number of hydrogen-bond acceptors (Lipinski definition) is 4. The Morgan fingerprint density at radius 2 is 1.82 bits per heavy atom. The zero-order chi connectivity index (χ0) is 15.4. The summed E-state index contributed by atoms with van der Waals surface area (Å²) in [5, 5.41) is 3.26. The molecule has 1 fully saturated rings. The van der Waals surface area contributed by atoms with Crippen molar-refractivity contribution in [3.05, 3.63) is 65.9 Å². The van der Waals surface area contributed by atoms with E-state index in [1.165, 1.54) is 0 Å². The monoisotopic (exact) mass is 295 g/mol. The van der Waals surface area contributed by atoms with Crippen molar-refractivity contribution >= 4 is 11.7 Å². The molecule has 0 saturated carbocycles. The summed E-state index contributed by atoms with van der Waals surface area (Å²) in [5.74, 6) is 1.23. The Balaban J connectivity index is 1.84. The molecule has 4 nitrogen and oxygen atoms in total. The van der Waals surface area contributed by atoms with Crippen LogP contribution in [-0.4, -0.2) is 12.6 Å². The van der Waals surface area contributed by atoms with Crippen LogP contribution < -0.4 is 10.1 Å². The molecule has 4 heteroatoms. The second-order valence-electron chi connectivity index (χ2n) is 5.03. The second-order valence-corrected chi connectivity index (χ2v) is 5.03. The van der Waals surface area contributed by atoms with Crippen LogP contribution >= 0.6 is 0 Å². The number of allylic oxidation sites excluding steroid dienone is 1. The molecule has 1 aliphatic heterocycles. The third-order valence-electron chi connectivity index (χ3n) is 3.46. The maximum Gasteiger partial charge on any atom is 0.335 e. The van der Waals surface area contributed by atoms with Gasteiger partial charge >= 0.3 is 5.97 Å². The van der Waals surface area contributed by atoms with Crippen molar-refractivity contribution in [2.24, 2.45) is 0 Å². The summed E-state index contributed by atoms with van der Waals surface area (Å²) in [6, 6.07) is 17.2. The molecule has 112 valence electrons. The number of ether oxygens (including phenoxy) is 2. The van der Waals surface area contributed by atoms with E-state index in [4.69, 9.17) is 9.47 Å². The predicted octanol–water partition coefficient (Wildman–Crippen LogP) is 4.11. The van der Waals surface area contributed by atoms with E-state index in [0.717, 1.165) is 17.1 Å². The number of cyclic esters (lactones) is 1. The van der Waals surface area contributed by atoms with Crippen molar-refractivity contribution in [2.45, 2.75) is 13.3 Å². The minimum Gasteiger partial charge on any atom is -0.462 e. The van der Waals surface area contributed by atoms with Gasteiger partial charge < -0.3 is 14.8 Å². The molecule has 2 aromatic rings. The standard InChI is InChI=1S/C18H17NO3/c1-13(15-11-12-21-18(15)20)19-16-9-5-6-10-17(16)22-14-7-3-2-4-8-14/h2-10,19H,11-12H2,1H3. The van der Waals surface area contributed by atoms with Gasteiger partial charge in [-0.2, -0.15) is 0 Å². The van der Waals surface area contributed by atoms with Gasteiger partial charge in [0.1, 0.15) is 5.75 Å². The number of nitrogens with one attached hydrogen (secondary N) is 1. The predicted molar refractivity (Wildman–Crippen MR) is 84.9 cm³/mol. The van der Waals surface area contributed by atoms with E-state index in [0.29, 0.717) is 24.4 Å². The lowest BCUT2D eigenvalue weighted by Crippen LogP contribution is -2.05. The van der Waals surface area contributed by atoms with Gasteiger partial charge in [-0.15, -0.1) is 0 Å². The van der Waals surface area contributed by atoms with Gasteiger partial charge in [-0.25, -0.2) is 4.79 Å². The number of carbonyl (C=O) groups excluding carboxylic acids is 1. The lowest BCUT2D eigenvalue weighted by molar-refractivity contribution is -0.135. The van der Waals surface area contributed by atoms with Gasteiger partial charge in [-0.05, 0) is 31.2 Å². The third kappa shape index (κ3) is 3.11. The smallest absolute Gasteiger partial charge is 0.335 e. The first kappa shape index (κ1) is 14.2. The Morgan fingerprint density at radius 1 is 1.09 bits per heavy atom. The minimum atomic E-state index is -0.244. The number of benzene rings is 2. The molecule has 1 saturated heterocycles. The summed E-state index contributed by atoms with van der Waals surface area (Å²) in [6.07, 6.45) is 0.638. The largest absolute Gasteiger partial charge is 0.462 e. The second kappa shape index (κ2) is 6.35. The van der Waals surface area contributed by atoms with E-state index in [2.05, 4.69) is 5.32 Å². The molecule has 2 aromatic carbocycles. The molecule has 0 bridgehead atoms. The Hall–Kier alpha value is -2.75. The molecular weight excluding hydrogens is 278 g/mol. The molecular formula is C18H17NO3. The summed E-state index contributed by atoms with van der Waals surface area (Å²) in [5.41, 5.74) is 2.30. The summed E-state index contributed by atoms with van der Waals surface area (Å²) < 4.78 is 10.9. The molecule has 1 aliphatic rings. The minimum absolute atomic E-state index is 0.244. The maximum absolute atomic E-state index is 11.6. The average Bonchev–Trinajstić information content (AvgIpc) is 2.96. The van der Waals surface area contributed by atoms with E-state index in [1.54, 1.807) is 0 Å². The van der Waals surface area contributed by atoms with Crippen LogP contribution in [0.4, 0.5) is 5.69 Å². The molecule has 3 rings (SSSR count). The quantitative estimate of drug-likeness (QED) is 0.681. The van der Waals surface area contributed by atoms with Crippen LogP contribution in [0.25, 0.3) is 0 Å². The van der Waals surface area contributed by atoms with E-state index in [9.17, 15) is 4.79 Å². The van der Waals surface area contributed by atoms with Crippen LogP contribution in [0.5, 0.6) is 11.5 Å². The van der Waals surface area contributed by atoms with Crippen LogP contribution in [0.2, 0.25) is 0 Å². The first-order valence-corrected chi connectivity index (χ1v) is 7.20. The van der Waals surface area contributed by atoms with Gasteiger partial charge in [-0.1, -0.05) is 30.3 Å². The van der Waals surface area contributed by atoms with Crippen LogP contribution in [0.1, 0.15) is 13.3 Å². The summed E-state index contributed by atoms with van der Waals surface area (Å²) in [6.45, 7) is 2.33. The Morgan fingerprint density at radius 3 is 2.55 bits per heavy atom. The van der Waals surface area contributed by atoms with Crippen molar-refractivity contribution in [2.75, 3.05) is 11.9 Å². The van der Waals surface area contributed by atoms with Crippen molar-refractivity contribution < 1.29 is 14.3 Å². The van der Waals surface area contributed by atoms with Crippen molar-refractivity contribution in [3.63, 3.8) is 0 Å². The summed E-state index contributed by atoms with van der Waals surface area (Å²) >= 11 is 0. The first-order valence-electron chi connectivity index (χ1n) is 7.20. The highest BCUT2D eigenvalue weighted by atomic mass is 16.5. The van der Waals surface area contributed by atoms with E-state index >= 15 is 0 Å². The number of esters is 1. The molecule has 1 heterocycles. The summed E-state index contributed by atoms with van der Waals surface area (Å²) in [4.78, 5) is 11.6. The number of hydrogen-bond donors (Lipinski definition) is 1. The van der Waals surface area contributed by atoms with E-state index in [1.807, 2.05) is 61.5 Å². The Bertz CT molecular complexity index is 707. The fourth-order valence-electron chi connectivity index (χ4n) is 2.33. The molecule has 0 unspecified atom stereocenters. The lowest BCUT2D eigenvalue weighted by Gasteiger charge is -2.14. The highest BCUT2D eigenvalue weighted by Gasteiger charge is 2.21. The SMILES string of the molecule is CC(Nc1ccccc1Oc1ccccc1)=C1CCOC1=O. The van der Waals surface area contributed by atoms with Crippen LogP contribution in [-0.2, 0) is 9.53 Å². The van der Waals surface area contributed by atoms with Gasteiger partial charge in [0, 0.05) is 12.1 Å². The number of anilines is 1. The van der Waals surface area contributed by atoms with Crippen LogP contribution in [0.3, 0.4) is 0 Å². The number of carbonyl (C=O) groups is 1. The Kier molecular flexibility index (Phi) is 4.10. The average molecular weight is 295 g/mol. The highest BCUT2D eigenvalue weighted by Crippen LogP contribution is 2.31. The highest BCUT2D eigenvalue weighted by molar-refractivity contribution is 5.91. The molecule has 1 N–H and O–H groups in total. The number of rotatable bonds is 4. The van der Waals surface area contributed by atoms with Crippen molar-refractivity contribution in [3.8, 4) is 11.5 Å². The molecule has 0 atom stereocenters. The van der Waals surface area contributed by atoms with Crippen molar-refractivity contribution in [1.29, 1.82) is 0 Å². The van der Waals surface area contributed by atoms with Gasteiger partial charge in [0.15, 0.2) is 5.75 Å². The van der Waals surface area contributed by atoms with Gasteiger partial charge in [0.05, 0.1) is 17.9 Å². The zero-order valence-corrected chi connectivity index (χ0v) is 12.3. The van der Waals surface area contributed by atoms with E-state index in [-0.39, 0.29) is 5.97 Å². The van der Waals surface area contributed by atoms with E-state index < -0.39 is 0 Å². The summed E-state index contributed by atoms with van der Waals surface area (Å²) in [7, 11) is 0. The van der Waals surface area contributed by atoms with Gasteiger partial charge in [-0.3, -0.25) is 0 Å². The fourth-order valence-corrected chi connectivity index (χ4v) is 2.33. The molecule has 0 aromatic heterocycles. The normalized spacial score (nSPS) is 16.1. The molecule has 0 aliphatic carbocycles. The lowest BCUT2D eigenvalue weighted by atomic mass is 10.1. The Labute approximate surface area is 129 Å². The fraction of sp³-hybridized carbons (Fsp3) is 0.167. The first-order chi connectivity index (χ1) is 10.7. The number of para-hydroxylation sites is 3. The third-order valence-corrected chi connectivity index (χ3v) is 3.46. The molecule has 0 amide bonds. The van der Waals surface area contributed by atoms with Gasteiger partial charge in [0.25, 0.3) is 0 Å². The molecule has 0 radical (unpaired) electrons. The zero-order valence-electron chi connectivity index (χ0n) is 12.3. The topological polar surface area (TPSA) is 47.6 Å². The van der Waals surface area contributed by atoms with Crippen LogP contribution in [0.15, 0.2) is 65.9 Å². The van der Waals surface area contributed by atoms with Crippen molar-refractivity contribution in [1.82, 2.24) is 0 Å².